The molecule has 1 aromatic heterocycles. The first-order valence-corrected chi connectivity index (χ1v) is 6.27. The van der Waals surface area contributed by atoms with Crippen molar-refractivity contribution in [3.05, 3.63) is 36.2 Å². The third-order valence-electron chi connectivity index (χ3n) is 2.93. The number of alkyl halides is 3. The lowest BCUT2D eigenvalue weighted by Gasteiger charge is -2.09. The van der Waals surface area contributed by atoms with Gasteiger partial charge in [-0.1, -0.05) is 26.0 Å². The normalized spacial score (nSPS) is 12.1. The van der Waals surface area contributed by atoms with Crippen LogP contribution in [-0.4, -0.2) is 9.55 Å². The monoisotopic (exact) mass is 283 g/mol. The van der Waals surface area contributed by atoms with E-state index in [0.29, 0.717) is 23.0 Å². The SMILES string of the molecule is CC(C)Cn1cnc(-c2ccc(C(F)(F)F)cc2)c1N. The van der Waals surface area contributed by atoms with E-state index in [9.17, 15) is 13.2 Å². The van der Waals surface area contributed by atoms with Crippen molar-refractivity contribution in [3.63, 3.8) is 0 Å². The molecule has 0 saturated heterocycles. The Kier molecular flexibility index (Phi) is 3.74. The van der Waals surface area contributed by atoms with Crippen molar-refractivity contribution in [1.29, 1.82) is 0 Å². The second-order valence-electron chi connectivity index (χ2n) is 5.10. The Hall–Kier alpha value is -1.98. The molecule has 1 aromatic carbocycles. The molecule has 0 spiro atoms. The quantitative estimate of drug-likeness (QED) is 0.931. The van der Waals surface area contributed by atoms with Crippen molar-refractivity contribution in [3.8, 4) is 11.3 Å². The number of nitrogen functional groups attached to an aromatic ring is 1. The number of imidazole rings is 1. The van der Waals surface area contributed by atoms with Gasteiger partial charge >= 0.3 is 6.18 Å². The number of halogens is 3. The summed E-state index contributed by atoms with van der Waals surface area (Å²) in [7, 11) is 0. The maximum atomic E-state index is 12.5. The zero-order valence-corrected chi connectivity index (χ0v) is 11.3. The summed E-state index contributed by atoms with van der Waals surface area (Å²) in [5.41, 5.74) is 6.40. The summed E-state index contributed by atoms with van der Waals surface area (Å²) in [6.45, 7) is 4.83. The molecule has 0 aliphatic heterocycles. The van der Waals surface area contributed by atoms with Gasteiger partial charge in [0.15, 0.2) is 0 Å². The first-order valence-electron chi connectivity index (χ1n) is 6.27. The first-order chi connectivity index (χ1) is 9.29. The Balaban J connectivity index is 2.31. The Morgan fingerprint density at radius 2 is 1.80 bits per heavy atom. The van der Waals surface area contributed by atoms with Gasteiger partial charge in [0.05, 0.1) is 11.9 Å². The van der Waals surface area contributed by atoms with Crippen LogP contribution < -0.4 is 5.73 Å². The third-order valence-corrected chi connectivity index (χ3v) is 2.93. The molecule has 0 fully saturated rings. The number of benzene rings is 1. The molecule has 0 radical (unpaired) electrons. The lowest BCUT2D eigenvalue weighted by Crippen LogP contribution is -2.07. The summed E-state index contributed by atoms with van der Waals surface area (Å²) >= 11 is 0. The molecule has 0 aliphatic carbocycles. The molecular weight excluding hydrogens is 267 g/mol. The second-order valence-corrected chi connectivity index (χ2v) is 5.10. The van der Waals surface area contributed by atoms with Crippen LogP contribution in [0, 0.1) is 5.92 Å². The van der Waals surface area contributed by atoms with Crippen molar-refractivity contribution in [2.45, 2.75) is 26.6 Å². The molecular formula is C14H16F3N3. The van der Waals surface area contributed by atoms with Crippen LogP contribution in [0.1, 0.15) is 19.4 Å². The minimum absolute atomic E-state index is 0.409. The number of nitrogens with two attached hydrogens (primary N) is 1. The molecule has 0 saturated carbocycles. The van der Waals surface area contributed by atoms with Gasteiger partial charge in [0.2, 0.25) is 0 Å². The van der Waals surface area contributed by atoms with Crippen molar-refractivity contribution in [1.82, 2.24) is 9.55 Å². The van der Waals surface area contributed by atoms with E-state index in [4.69, 9.17) is 5.73 Å². The van der Waals surface area contributed by atoms with E-state index < -0.39 is 11.7 Å². The van der Waals surface area contributed by atoms with Crippen LogP contribution in [0.4, 0.5) is 19.0 Å². The number of aromatic nitrogens is 2. The molecule has 0 aliphatic rings. The molecule has 1 heterocycles. The van der Waals surface area contributed by atoms with Crippen LogP contribution in [-0.2, 0) is 12.7 Å². The van der Waals surface area contributed by atoms with E-state index in [1.165, 1.54) is 12.1 Å². The Labute approximate surface area is 115 Å². The second kappa shape index (κ2) is 5.19. The van der Waals surface area contributed by atoms with Crippen molar-refractivity contribution < 1.29 is 13.2 Å². The largest absolute Gasteiger partial charge is 0.416 e. The number of rotatable bonds is 3. The van der Waals surface area contributed by atoms with Crippen molar-refractivity contribution in [2.75, 3.05) is 5.73 Å². The van der Waals surface area contributed by atoms with Gasteiger partial charge in [-0.25, -0.2) is 4.98 Å². The van der Waals surface area contributed by atoms with Gasteiger partial charge in [-0.05, 0) is 18.1 Å². The van der Waals surface area contributed by atoms with Crippen LogP contribution in [0.25, 0.3) is 11.3 Å². The fourth-order valence-electron chi connectivity index (χ4n) is 1.97. The van der Waals surface area contributed by atoms with Crippen molar-refractivity contribution >= 4 is 5.82 Å². The molecule has 2 aromatic rings. The highest BCUT2D eigenvalue weighted by Gasteiger charge is 2.30. The van der Waals surface area contributed by atoms with Crippen LogP contribution in [0.2, 0.25) is 0 Å². The zero-order valence-electron chi connectivity index (χ0n) is 11.3. The molecule has 0 atom stereocenters. The summed E-state index contributed by atoms with van der Waals surface area (Å²) in [6, 6.07) is 4.86. The zero-order chi connectivity index (χ0) is 14.9. The van der Waals surface area contributed by atoms with Crippen LogP contribution in [0.3, 0.4) is 0 Å². The maximum Gasteiger partial charge on any atom is 0.416 e. The summed E-state index contributed by atoms with van der Waals surface area (Å²) in [5.74, 6) is 0.880. The Morgan fingerprint density at radius 1 is 1.20 bits per heavy atom. The molecule has 20 heavy (non-hydrogen) atoms. The first kappa shape index (κ1) is 14.4. The molecule has 6 heteroatoms. The van der Waals surface area contributed by atoms with Crippen LogP contribution in [0.15, 0.2) is 30.6 Å². The predicted molar refractivity (Wildman–Crippen MR) is 71.9 cm³/mol. The Morgan fingerprint density at radius 3 is 2.30 bits per heavy atom. The van der Waals surface area contributed by atoms with Crippen molar-refractivity contribution in [2.24, 2.45) is 5.92 Å². The number of nitrogens with zero attached hydrogens (tertiary/aromatic N) is 2. The Bertz CT molecular complexity index is 583. The number of hydrogen-bond donors (Lipinski definition) is 1. The van der Waals surface area contributed by atoms with E-state index in [1.807, 2.05) is 0 Å². The van der Waals surface area contributed by atoms with E-state index in [-0.39, 0.29) is 0 Å². The molecule has 2 N–H and O–H groups in total. The summed E-state index contributed by atoms with van der Waals surface area (Å²) in [5, 5.41) is 0. The lowest BCUT2D eigenvalue weighted by atomic mass is 10.1. The molecule has 0 bridgehead atoms. The minimum Gasteiger partial charge on any atom is -0.383 e. The van der Waals surface area contributed by atoms with E-state index in [2.05, 4.69) is 18.8 Å². The summed E-state index contributed by atoms with van der Waals surface area (Å²) in [4.78, 5) is 4.19. The highest BCUT2D eigenvalue weighted by molar-refractivity contribution is 5.70. The van der Waals surface area contributed by atoms with Gasteiger partial charge < -0.3 is 10.3 Å². The fraction of sp³-hybridized carbons (Fsp3) is 0.357. The summed E-state index contributed by atoms with van der Waals surface area (Å²) in [6.07, 6.45) is -2.72. The maximum absolute atomic E-state index is 12.5. The average Bonchev–Trinajstić information content (AvgIpc) is 2.69. The highest BCUT2D eigenvalue weighted by Crippen LogP contribution is 2.32. The summed E-state index contributed by atoms with van der Waals surface area (Å²) < 4.78 is 39.3. The standard InChI is InChI=1S/C14H16F3N3/c1-9(2)7-20-8-19-12(13(20)18)10-3-5-11(6-4-10)14(15,16)17/h3-6,8-9H,7,18H2,1-2H3. The smallest absolute Gasteiger partial charge is 0.383 e. The van der Waals surface area contributed by atoms with Gasteiger partial charge in [0.25, 0.3) is 0 Å². The lowest BCUT2D eigenvalue weighted by molar-refractivity contribution is -0.137. The van der Waals surface area contributed by atoms with Gasteiger partial charge in [-0.2, -0.15) is 13.2 Å². The molecule has 0 unspecified atom stereocenters. The average molecular weight is 283 g/mol. The number of anilines is 1. The van der Waals surface area contributed by atoms with Gasteiger partial charge in [0, 0.05) is 12.1 Å². The van der Waals surface area contributed by atoms with E-state index in [0.717, 1.165) is 18.7 Å². The van der Waals surface area contributed by atoms with E-state index >= 15 is 0 Å². The van der Waals surface area contributed by atoms with E-state index in [1.54, 1.807) is 10.9 Å². The van der Waals surface area contributed by atoms with Gasteiger partial charge in [0.1, 0.15) is 11.5 Å². The molecule has 0 amide bonds. The van der Waals surface area contributed by atoms with Gasteiger partial charge in [-0.15, -0.1) is 0 Å². The molecule has 108 valence electrons. The number of hydrogen-bond acceptors (Lipinski definition) is 2. The fourth-order valence-corrected chi connectivity index (χ4v) is 1.97. The van der Waals surface area contributed by atoms with Gasteiger partial charge in [-0.3, -0.25) is 0 Å². The molecule has 2 rings (SSSR count). The third kappa shape index (κ3) is 2.95. The van der Waals surface area contributed by atoms with Crippen LogP contribution in [0.5, 0.6) is 0 Å². The van der Waals surface area contributed by atoms with Crippen LogP contribution >= 0.6 is 0 Å². The minimum atomic E-state index is -4.33. The topological polar surface area (TPSA) is 43.8 Å². The highest BCUT2D eigenvalue weighted by atomic mass is 19.4. The predicted octanol–water partition coefficient (Wildman–Crippen LogP) is 3.81. The molecule has 3 nitrogen and oxygen atoms in total.